The maximum atomic E-state index is 12.7. The van der Waals surface area contributed by atoms with Gasteiger partial charge in [0.2, 0.25) is 0 Å². The van der Waals surface area contributed by atoms with E-state index in [9.17, 15) is 18.0 Å². The first kappa shape index (κ1) is 18.1. The van der Waals surface area contributed by atoms with E-state index in [0.717, 1.165) is 25.0 Å². The molecule has 1 N–H and O–H groups in total. The van der Waals surface area contributed by atoms with Crippen LogP contribution in [-0.4, -0.2) is 37.2 Å². The first-order valence-corrected chi connectivity index (χ1v) is 7.64. The number of amides is 2. The smallest absolute Gasteiger partial charge is 0.369 e. The van der Waals surface area contributed by atoms with Crippen LogP contribution in [0.5, 0.6) is 0 Å². The van der Waals surface area contributed by atoms with E-state index >= 15 is 0 Å². The summed E-state index contributed by atoms with van der Waals surface area (Å²) in [5, 5.41) is 2.52. The summed E-state index contributed by atoms with van der Waals surface area (Å²) < 4.78 is 43.3. The number of carbonyl (C=O) groups excluding carboxylic acids is 1. The summed E-state index contributed by atoms with van der Waals surface area (Å²) in [6.07, 6.45) is 2.23. The third-order valence-electron chi connectivity index (χ3n) is 3.88. The van der Waals surface area contributed by atoms with Crippen molar-refractivity contribution in [2.24, 2.45) is 5.92 Å². The van der Waals surface area contributed by atoms with Crippen molar-refractivity contribution in [3.8, 4) is 12.3 Å². The molecule has 0 bridgehead atoms. The second kappa shape index (κ2) is 8.06. The number of alkyl halides is 3. The Labute approximate surface area is 139 Å². The number of halogens is 3. The number of ether oxygens (including phenoxy) is 1. The van der Waals surface area contributed by atoms with E-state index in [2.05, 4.69) is 11.2 Å². The zero-order valence-electron chi connectivity index (χ0n) is 13.1. The predicted molar refractivity (Wildman–Crippen MR) is 84.4 cm³/mol. The zero-order chi connectivity index (χ0) is 17.6. The summed E-state index contributed by atoms with van der Waals surface area (Å²) in [4.78, 5) is 13.8. The molecule has 1 fully saturated rings. The van der Waals surface area contributed by atoms with Gasteiger partial charge in [0.25, 0.3) is 0 Å². The van der Waals surface area contributed by atoms with Crippen LogP contribution in [0.2, 0.25) is 0 Å². The fourth-order valence-electron chi connectivity index (χ4n) is 2.56. The average Bonchev–Trinajstić information content (AvgIpc) is 2.55. The van der Waals surface area contributed by atoms with Gasteiger partial charge in [-0.3, -0.25) is 0 Å². The molecule has 2 rings (SSSR count). The molecule has 1 heterocycles. The summed E-state index contributed by atoms with van der Waals surface area (Å²) >= 11 is 0. The number of likely N-dealkylation sites (tertiary alicyclic amines) is 1. The number of nitrogens with one attached hydrogen (secondary N) is 1. The van der Waals surface area contributed by atoms with Gasteiger partial charge >= 0.3 is 12.2 Å². The number of anilines is 1. The number of benzene rings is 1. The van der Waals surface area contributed by atoms with Gasteiger partial charge in [0.15, 0.2) is 0 Å². The van der Waals surface area contributed by atoms with Gasteiger partial charge in [-0.05, 0) is 37.0 Å². The summed E-state index contributed by atoms with van der Waals surface area (Å²) in [7, 11) is 0. The van der Waals surface area contributed by atoms with Gasteiger partial charge in [-0.1, -0.05) is 12.0 Å². The lowest BCUT2D eigenvalue weighted by atomic mass is 9.98. The maximum absolute atomic E-state index is 12.7. The molecule has 1 aromatic carbocycles. The van der Waals surface area contributed by atoms with Crippen LogP contribution >= 0.6 is 0 Å². The predicted octanol–water partition coefficient (Wildman–Crippen LogP) is 3.60. The third kappa shape index (κ3) is 5.17. The van der Waals surface area contributed by atoms with Crippen molar-refractivity contribution in [2.45, 2.75) is 19.0 Å². The Hall–Kier alpha value is -2.20. The van der Waals surface area contributed by atoms with Crippen LogP contribution in [0.1, 0.15) is 18.4 Å². The van der Waals surface area contributed by atoms with Crippen LogP contribution in [0.25, 0.3) is 0 Å². The Bertz CT molecular complexity index is 603. The molecule has 1 aliphatic heterocycles. The molecule has 1 aromatic rings. The molecule has 4 nitrogen and oxygen atoms in total. The fraction of sp³-hybridized carbons (Fsp3) is 0.471. The first-order valence-electron chi connectivity index (χ1n) is 7.64. The summed E-state index contributed by atoms with van der Waals surface area (Å²) in [6.45, 7) is 1.91. The van der Waals surface area contributed by atoms with Gasteiger partial charge in [0, 0.05) is 18.8 Å². The fourth-order valence-corrected chi connectivity index (χ4v) is 2.56. The minimum atomic E-state index is -4.43. The molecule has 0 radical (unpaired) electrons. The number of carbonyl (C=O) groups is 1. The van der Waals surface area contributed by atoms with Crippen LogP contribution < -0.4 is 5.32 Å². The average molecular weight is 340 g/mol. The molecular weight excluding hydrogens is 321 g/mol. The number of hydrogen-bond donors (Lipinski definition) is 1. The monoisotopic (exact) mass is 340 g/mol. The molecule has 0 aliphatic carbocycles. The lowest BCUT2D eigenvalue weighted by Gasteiger charge is -2.31. The minimum Gasteiger partial charge on any atom is -0.369 e. The van der Waals surface area contributed by atoms with Crippen molar-refractivity contribution in [3.63, 3.8) is 0 Å². The molecule has 0 saturated carbocycles. The maximum Gasteiger partial charge on any atom is 0.416 e. The first-order chi connectivity index (χ1) is 11.4. The van der Waals surface area contributed by atoms with Gasteiger partial charge in [0.05, 0.1) is 12.2 Å². The van der Waals surface area contributed by atoms with Gasteiger partial charge in [0.1, 0.15) is 6.61 Å². The molecule has 2 amide bonds. The summed E-state index contributed by atoms with van der Waals surface area (Å²) in [5.74, 6) is 2.74. The molecule has 0 atom stereocenters. The second-order valence-electron chi connectivity index (χ2n) is 5.66. The Morgan fingerprint density at radius 1 is 1.38 bits per heavy atom. The molecule has 0 aromatic heterocycles. The Balaban J connectivity index is 1.85. The molecule has 130 valence electrons. The van der Waals surface area contributed by atoms with Crippen molar-refractivity contribution in [2.75, 3.05) is 31.6 Å². The Morgan fingerprint density at radius 3 is 2.71 bits per heavy atom. The van der Waals surface area contributed by atoms with E-state index in [4.69, 9.17) is 11.2 Å². The summed E-state index contributed by atoms with van der Waals surface area (Å²) in [6, 6.07) is 4.22. The highest BCUT2D eigenvalue weighted by Gasteiger charge is 2.30. The zero-order valence-corrected chi connectivity index (χ0v) is 13.1. The number of urea groups is 1. The molecular formula is C17H19F3N2O2. The van der Waals surface area contributed by atoms with Gasteiger partial charge in [-0.15, -0.1) is 6.42 Å². The number of terminal acetylenes is 1. The number of rotatable bonds is 4. The normalized spacial score (nSPS) is 15.8. The summed E-state index contributed by atoms with van der Waals surface area (Å²) in [5.41, 5.74) is -0.654. The van der Waals surface area contributed by atoms with E-state index in [0.29, 0.717) is 25.6 Å². The van der Waals surface area contributed by atoms with E-state index in [1.165, 1.54) is 12.1 Å². The highest BCUT2D eigenvalue weighted by Crippen LogP contribution is 2.30. The van der Waals surface area contributed by atoms with Crippen molar-refractivity contribution < 1.29 is 22.7 Å². The SMILES string of the molecule is C#CCOCC1CCN(C(=O)Nc2cccc(C(F)(F)F)c2)CC1. The molecule has 1 aliphatic rings. The molecule has 0 unspecified atom stereocenters. The highest BCUT2D eigenvalue weighted by molar-refractivity contribution is 5.89. The molecule has 1 saturated heterocycles. The number of nitrogens with zero attached hydrogens (tertiary/aromatic N) is 1. The largest absolute Gasteiger partial charge is 0.416 e. The highest BCUT2D eigenvalue weighted by atomic mass is 19.4. The molecule has 0 spiro atoms. The third-order valence-corrected chi connectivity index (χ3v) is 3.88. The topological polar surface area (TPSA) is 41.6 Å². The van der Waals surface area contributed by atoms with Gasteiger partial charge < -0.3 is 15.0 Å². The van der Waals surface area contributed by atoms with E-state index < -0.39 is 17.8 Å². The Kier molecular flexibility index (Phi) is 6.10. The quantitative estimate of drug-likeness (QED) is 0.672. The van der Waals surface area contributed by atoms with Crippen LogP contribution in [0.3, 0.4) is 0 Å². The van der Waals surface area contributed by atoms with E-state index in [1.807, 2.05) is 0 Å². The number of hydrogen-bond acceptors (Lipinski definition) is 2. The van der Waals surface area contributed by atoms with Crippen molar-refractivity contribution in [1.29, 1.82) is 0 Å². The Morgan fingerprint density at radius 2 is 2.08 bits per heavy atom. The van der Waals surface area contributed by atoms with Gasteiger partial charge in [-0.25, -0.2) is 4.79 Å². The molecule has 7 heteroatoms. The van der Waals surface area contributed by atoms with Crippen LogP contribution in [-0.2, 0) is 10.9 Å². The van der Waals surface area contributed by atoms with Crippen molar-refractivity contribution in [1.82, 2.24) is 4.90 Å². The van der Waals surface area contributed by atoms with Gasteiger partial charge in [-0.2, -0.15) is 13.2 Å². The molecule has 24 heavy (non-hydrogen) atoms. The van der Waals surface area contributed by atoms with Crippen LogP contribution in [0.4, 0.5) is 23.7 Å². The van der Waals surface area contributed by atoms with Crippen LogP contribution in [0.15, 0.2) is 24.3 Å². The van der Waals surface area contributed by atoms with E-state index in [-0.39, 0.29) is 12.3 Å². The van der Waals surface area contributed by atoms with Crippen molar-refractivity contribution in [3.05, 3.63) is 29.8 Å². The standard InChI is InChI=1S/C17H19F3N2O2/c1-2-10-24-12-13-6-8-22(9-7-13)16(23)21-15-5-3-4-14(11-15)17(18,19)20/h1,3-5,11,13H,6-10,12H2,(H,21,23). The minimum absolute atomic E-state index is 0.134. The van der Waals surface area contributed by atoms with E-state index in [1.54, 1.807) is 4.90 Å². The lowest BCUT2D eigenvalue weighted by molar-refractivity contribution is -0.137. The van der Waals surface area contributed by atoms with Crippen molar-refractivity contribution >= 4 is 11.7 Å². The van der Waals surface area contributed by atoms with Crippen LogP contribution in [0, 0.1) is 18.3 Å². The number of piperidine rings is 1. The lowest BCUT2D eigenvalue weighted by Crippen LogP contribution is -2.41. The second-order valence-corrected chi connectivity index (χ2v) is 5.66.